The van der Waals surface area contributed by atoms with Crippen molar-refractivity contribution in [3.63, 3.8) is 0 Å². The molecule has 3 rings (SSSR count). The third-order valence-electron chi connectivity index (χ3n) is 3.74. The number of methoxy groups -OCH3 is 1. The van der Waals surface area contributed by atoms with Crippen molar-refractivity contribution in [3.05, 3.63) is 35.5 Å². The van der Waals surface area contributed by atoms with Gasteiger partial charge in [-0.05, 0) is 25.0 Å². The van der Waals surface area contributed by atoms with Crippen LogP contribution in [0.15, 0.2) is 35.0 Å². The molecular weight excluding hydrogens is 252 g/mol. The van der Waals surface area contributed by atoms with Crippen LogP contribution in [0.25, 0.3) is 6.08 Å². The van der Waals surface area contributed by atoms with Gasteiger partial charge in [-0.25, -0.2) is 4.99 Å². The summed E-state index contributed by atoms with van der Waals surface area (Å²) in [5.74, 6) is 1.71. The molecule has 4 heteroatoms. The van der Waals surface area contributed by atoms with Gasteiger partial charge in [-0.2, -0.15) is 0 Å². The Morgan fingerprint density at radius 3 is 2.95 bits per heavy atom. The van der Waals surface area contributed by atoms with Gasteiger partial charge in [-0.15, -0.1) is 0 Å². The van der Waals surface area contributed by atoms with Crippen LogP contribution in [0.3, 0.4) is 0 Å². The highest BCUT2D eigenvalue weighted by Gasteiger charge is 2.30. The van der Waals surface area contributed by atoms with Gasteiger partial charge >= 0.3 is 0 Å². The molecule has 104 valence electrons. The van der Waals surface area contributed by atoms with Crippen LogP contribution in [-0.4, -0.2) is 30.3 Å². The predicted molar refractivity (Wildman–Crippen MR) is 78.6 cm³/mol. The molecule has 1 amide bonds. The summed E-state index contributed by atoms with van der Waals surface area (Å²) in [5.41, 5.74) is 1.41. The molecular formula is C16H18N2O2. The zero-order chi connectivity index (χ0) is 13.9. The molecule has 0 radical (unpaired) electrons. The quantitative estimate of drug-likeness (QED) is 0.775. The lowest BCUT2D eigenvalue weighted by Gasteiger charge is -2.14. The number of para-hydroxylation sites is 1. The molecule has 20 heavy (non-hydrogen) atoms. The molecule has 0 saturated carbocycles. The van der Waals surface area contributed by atoms with Gasteiger partial charge in [0, 0.05) is 18.5 Å². The minimum Gasteiger partial charge on any atom is -0.496 e. The second-order valence-electron chi connectivity index (χ2n) is 5.07. The molecule has 1 aromatic carbocycles. The third kappa shape index (κ3) is 2.33. The highest BCUT2D eigenvalue weighted by Crippen LogP contribution is 2.26. The minimum absolute atomic E-state index is 0.0211. The minimum atomic E-state index is 0.0211. The summed E-state index contributed by atoms with van der Waals surface area (Å²) < 4.78 is 5.31. The monoisotopic (exact) mass is 270 g/mol. The number of ether oxygens (including phenoxy) is 1. The van der Waals surface area contributed by atoms with Crippen LogP contribution >= 0.6 is 0 Å². The van der Waals surface area contributed by atoms with E-state index in [-0.39, 0.29) is 5.91 Å². The van der Waals surface area contributed by atoms with Crippen molar-refractivity contribution < 1.29 is 9.53 Å². The van der Waals surface area contributed by atoms with E-state index in [2.05, 4.69) is 4.99 Å². The maximum absolute atomic E-state index is 12.4. The number of amidine groups is 1. The van der Waals surface area contributed by atoms with Crippen LogP contribution in [0.1, 0.15) is 31.2 Å². The lowest BCUT2D eigenvalue weighted by molar-refractivity contribution is -0.122. The van der Waals surface area contributed by atoms with Crippen LogP contribution in [0.2, 0.25) is 0 Å². The van der Waals surface area contributed by atoms with Crippen LogP contribution in [0.4, 0.5) is 0 Å². The van der Waals surface area contributed by atoms with Crippen LogP contribution in [0, 0.1) is 0 Å². The average molecular weight is 270 g/mol. The first-order chi connectivity index (χ1) is 9.79. The van der Waals surface area contributed by atoms with E-state index >= 15 is 0 Å². The summed E-state index contributed by atoms with van der Waals surface area (Å²) in [4.78, 5) is 18.7. The second kappa shape index (κ2) is 5.49. The molecule has 1 fully saturated rings. The summed E-state index contributed by atoms with van der Waals surface area (Å²) in [6, 6.07) is 7.66. The van der Waals surface area contributed by atoms with Gasteiger partial charge in [0.25, 0.3) is 5.91 Å². The Hall–Kier alpha value is -2.10. The van der Waals surface area contributed by atoms with Gasteiger partial charge < -0.3 is 4.74 Å². The fourth-order valence-corrected chi connectivity index (χ4v) is 2.68. The van der Waals surface area contributed by atoms with Gasteiger partial charge in [0.2, 0.25) is 0 Å². The molecule has 2 aliphatic heterocycles. The van der Waals surface area contributed by atoms with E-state index in [0.717, 1.165) is 43.0 Å². The fourth-order valence-electron chi connectivity index (χ4n) is 2.68. The zero-order valence-corrected chi connectivity index (χ0v) is 11.6. The molecule has 0 atom stereocenters. The molecule has 1 aromatic rings. The number of nitrogens with zero attached hydrogens (tertiary/aromatic N) is 2. The van der Waals surface area contributed by atoms with Crippen molar-refractivity contribution in [1.29, 1.82) is 0 Å². The number of aliphatic imine (C=N–C) groups is 1. The number of carbonyl (C=O) groups excluding carboxylic acids is 1. The Kier molecular flexibility index (Phi) is 3.54. The fraction of sp³-hybridized carbons (Fsp3) is 0.375. The van der Waals surface area contributed by atoms with Crippen molar-refractivity contribution in [2.45, 2.75) is 25.7 Å². The molecule has 0 bridgehead atoms. The number of benzene rings is 1. The van der Waals surface area contributed by atoms with Crippen molar-refractivity contribution >= 4 is 17.8 Å². The number of hydrogen-bond acceptors (Lipinski definition) is 3. The Morgan fingerprint density at radius 1 is 1.25 bits per heavy atom. The van der Waals surface area contributed by atoms with Crippen molar-refractivity contribution in [3.8, 4) is 5.75 Å². The maximum Gasteiger partial charge on any atom is 0.277 e. The average Bonchev–Trinajstić information content (AvgIpc) is 2.66. The molecule has 1 saturated heterocycles. The lowest BCUT2D eigenvalue weighted by atomic mass is 10.1. The number of amides is 1. The predicted octanol–water partition coefficient (Wildman–Crippen LogP) is 2.85. The summed E-state index contributed by atoms with van der Waals surface area (Å²) in [6.45, 7) is 0.793. The smallest absolute Gasteiger partial charge is 0.277 e. The van der Waals surface area contributed by atoms with Gasteiger partial charge in [0.1, 0.15) is 17.3 Å². The SMILES string of the molecule is COc1ccccc1C=C1N=C2CCCCCN2C1=O. The third-order valence-corrected chi connectivity index (χ3v) is 3.74. The number of carbonyl (C=O) groups is 1. The van der Waals surface area contributed by atoms with E-state index < -0.39 is 0 Å². The largest absolute Gasteiger partial charge is 0.496 e. The van der Waals surface area contributed by atoms with E-state index in [0.29, 0.717) is 5.70 Å². The summed E-state index contributed by atoms with van der Waals surface area (Å²) in [6.07, 6.45) is 6.07. The Labute approximate surface area is 118 Å². The van der Waals surface area contributed by atoms with E-state index in [1.54, 1.807) is 7.11 Å². The molecule has 0 aromatic heterocycles. The Bertz CT molecular complexity index is 590. The molecule has 0 unspecified atom stereocenters. The Balaban J connectivity index is 1.94. The van der Waals surface area contributed by atoms with E-state index in [1.165, 1.54) is 6.42 Å². The first-order valence-corrected chi connectivity index (χ1v) is 7.04. The number of rotatable bonds is 2. The van der Waals surface area contributed by atoms with E-state index in [9.17, 15) is 4.79 Å². The molecule has 0 N–H and O–H groups in total. The van der Waals surface area contributed by atoms with Gasteiger partial charge in [-0.1, -0.05) is 24.6 Å². The van der Waals surface area contributed by atoms with Crippen LogP contribution in [-0.2, 0) is 4.79 Å². The topological polar surface area (TPSA) is 41.9 Å². The lowest BCUT2D eigenvalue weighted by Crippen LogP contribution is -2.31. The zero-order valence-electron chi connectivity index (χ0n) is 11.6. The van der Waals surface area contributed by atoms with Gasteiger partial charge in [-0.3, -0.25) is 9.69 Å². The molecule has 2 heterocycles. The molecule has 0 aliphatic carbocycles. The normalized spacial score (nSPS) is 20.6. The van der Waals surface area contributed by atoms with Gasteiger partial charge in [0.15, 0.2) is 0 Å². The van der Waals surface area contributed by atoms with Crippen LogP contribution < -0.4 is 4.74 Å². The second-order valence-corrected chi connectivity index (χ2v) is 5.07. The molecule has 0 spiro atoms. The summed E-state index contributed by atoms with van der Waals surface area (Å²) in [5, 5.41) is 0. The molecule has 2 aliphatic rings. The molecule has 4 nitrogen and oxygen atoms in total. The first-order valence-electron chi connectivity index (χ1n) is 7.04. The number of hydrogen-bond donors (Lipinski definition) is 0. The Morgan fingerprint density at radius 2 is 2.10 bits per heavy atom. The highest BCUT2D eigenvalue weighted by atomic mass is 16.5. The van der Waals surface area contributed by atoms with Crippen molar-refractivity contribution in [2.24, 2.45) is 4.99 Å². The summed E-state index contributed by atoms with van der Waals surface area (Å²) >= 11 is 0. The first kappa shape index (κ1) is 12.9. The van der Waals surface area contributed by atoms with E-state index in [1.807, 2.05) is 35.2 Å². The standard InChI is InChI=1S/C16H18N2O2/c1-20-14-8-5-4-7-12(14)11-13-16(19)18-10-6-2-3-9-15(18)17-13/h4-5,7-8,11H,2-3,6,9-10H2,1H3. The van der Waals surface area contributed by atoms with Crippen LogP contribution in [0.5, 0.6) is 5.75 Å². The number of fused-ring (bicyclic) bond motifs is 1. The van der Waals surface area contributed by atoms with Gasteiger partial charge in [0.05, 0.1) is 7.11 Å². The van der Waals surface area contributed by atoms with E-state index in [4.69, 9.17) is 4.74 Å². The van der Waals surface area contributed by atoms with Crippen molar-refractivity contribution in [1.82, 2.24) is 4.90 Å². The van der Waals surface area contributed by atoms with Crippen molar-refractivity contribution in [2.75, 3.05) is 13.7 Å². The highest BCUT2D eigenvalue weighted by molar-refractivity contribution is 6.14. The maximum atomic E-state index is 12.4. The summed E-state index contributed by atoms with van der Waals surface area (Å²) in [7, 11) is 1.63.